The molecule has 0 amide bonds. The largest absolute Gasteiger partial charge is 0.321 e. The summed E-state index contributed by atoms with van der Waals surface area (Å²) in [5, 5.41) is 13.8. The number of hydrogen-bond acceptors (Lipinski definition) is 5. The molecule has 7 heteroatoms. The van der Waals surface area contributed by atoms with Crippen molar-refractivity contribution in [3.05, 3.63) is 87.0 Å². The molecule has 0 aliphatic carbocycles. The molecule has 2 heterocycles. The summed E-state index contributed by atoms with van der Waals surface area (Å²) in [4.78, 5) is 18.6. The van der Waals surface area contributed by atoms with Gasteiger partial charge in [0.15, 0.2) is 5.82 Å². The number of rotatable bonds is 8. The van der Waals surface area contributed by atoms with Crippen molar-refractivity contribution >= 4 is 10.9 Å². The van der Waals surface area contributed by atoms with E-state index in [1.165, 1.54) is 11.1 Å². The van der Waals surface area contributed by atoms with E-state index >= 15 is 0 Å². The van der Waals surface area contributed by atoms with Gasteiger partial charge in [0.1, 0.15) is 0 Å². The minimum absolute atomic E-state index is 0.0263. The van der Waals surface area contributed by atoms with E-state index in [2.05, 4.69) is 90.4 Å². The Kier molecular flexibility index (Phi) is 7.17. The summed E-state index contributed by atoms with van der Waals surface area (Å²) in [5.41, 5.74) is 4.96. The fraction of sp³-hybridized carbons (Fsp3) is 0.429. The van der Waals surface area contributed by atoms with Crippen LogP contribution in [0.5, 0.6) is 0 Å². The number of para-hydroxylation sites is 1. The fourth-order valence-electron chi connectivity index (χ4n) is 4.73. The Labute approximate surface area is 207 Å². The number of tetrazole rings is 1. The highest BCUT2D eigenvalue weighted by Gasteiger charge is 2.29. The molecule has 0 spiro atoms. The fourth-order valence-corrected chi connectivity index (χ4v) is 4.73. The summed E-state index contributed by atoms with van der Waals surface area (Å²) in [5.74, 6) is 0.831. The zero-order valence-electron chi connectivity index (χ0n) is 21.7. The van der Waals surface area contributed by atoms with Gasteiger partial charge in [-0.1, -0.05) is 55.0 Å². The Morgan fingerprint density at radius 3 is 2.57 bits per heavy atom. The van der Waals surface area contributed by atoms with Gasteiger partial charge in [-0.15, -0.1) is 5.10 Å². The SMILES string of the molecule is CC[C@@H](c1nnnn1C(C)(C)C)N(CCc1cccc(C)c1)Cc1cc2cccc(C)c2[nH]c1=O. The molecule has 0 saturated heterocycles. The van der Waals surface area contributed by atoms with Crippen molar-refractivity contribution in [2.45, 2.75) is 72.5 Å². The summed E-state index contributed by atoms with van der Waals surface area (Å²) in [6.45, 7) is 13.9. The lowest BCUT2D eigenvalue weighted by Gasteiger charge is -2.32. The van der Waals surface area contributed by atoms with Crippen LogP contribution in [0.25, 0.3) is 10.9 Å². The number of nitrogens with zero attached hydrogens (tertiary/aromatic N) is 5. The lowest BCUT2D eigenvalue weighted by Crippen LogP contribution is -2.36. The van der Waals surface area contributed by atoms with Gasteiger partial charge in [0, 0.05) is 18.7 Å². The number of fused-ring (bicyclic) bond motifs is 1. The molecular formula is C28H36N6O. The highest BCUT2D eigenvalue weighted by Crippen LogP contribution is 2.28. The molecule has 184 valence electrons. The second-order valence-corrected chi connectivity index (χ2v) is 10.4. The first-order valence-electron chi connectivity index (χ1n) is 12.4. The first-order chi connectivity index (χ1) is 16.7. The molecule has 1 N–H and O–H groups in total. The first-order valence-corrected chi connectivity index (χ1v) is 12.4. The third-order valence-electron chi connectivity index (χ3n) is 6.56. The number of aryl methyl sites for hydroxylation is 2. The lowest BCUT2D eigenvalue weighted by atomic mass is 10.0. The van der Waals surface area contributed by atoms with Crippen molar-refractivity contribution in [1.29, 1.82) is 0 Å². The van der Waals surface area contributed by atoms with E-state index in [-0.39, 0.29) is 17.1 Å². The normalized spacial score (nSPS) is 13.0. The predicted molar refractivity (Wildman–Crippen MR) is 140 cm³/mol. The second-order valence-electron chi connectivity index (χ2n) is 10.4. The molecule has 35 heavy (non-hydrogen) atoms. The summed E-state index contributed by atoms with van der Waals surface area (Å²) in [7, 11) is 0. The van der Waals surface area contributed by atoms with Crippen molar-refractivity contribution in [1.82, 2.24) is 30.1 Å². The molecule has 4 rings (SSSR count). The lowest BCUT2D eigenvalue weighted by molar-refractivity contribution is 0.163. The number of aromatic nitrogens is 5. The van der Waals surface area contributed by atoms with Crippen molar-refractivity contribution in [2.75, 3.05) is 6.54 Å². The van der Waals surface area contributed by atoms with Crippen LogP contribution in [0, 0.1) is 13.8 Å². The van der Waals surface area contributed by atoms with E-state index in [0.717, 1.165) is 47.2 Å². The highest BCUT2D eigenvalue weighted by atomic mass is 16.1. The average Bonchev–Trinajstić information content (AvgIpc) is 3.29. The zero-order chi connectivity index (χ0) is 25.2. The van der Waals surface area contributed by atoms with Crippen LogP contribution in [0.4, 0.5) is 0 Å². The van der Waals surface area contributed by atoms with Gasteiger partial charge in [0.05, 0.1) is 17.1 Å². The minimum Gasteiger partial charge on any atom is -0.321 e. The molecule has 0 bridgehead atoms. The van der Waals surface area contributed by atoms with Gasteiger partial charge in [-0.2, -0.15) is 0 Å². The average molecular weight is 473 g/mol. The maximum Gasteiger partial charge on any atom is 0.252 e. The zero-order valence-corrected chi connectivity index (χ0v) is 21.7. The maximum absolute atomic E-state index is 13.1. The number of aromatic amines is 1. The smallest absolute Gasteiger partial charge is 0.252 e. The summed E-state index contributed by atoms with van der Waals surface area (Å²) < 4.78 is 1.91. The monoisotopic (exact) mass is 472 g/mol. The molecule has 1 atom stereocenters. The Morgan fingerprint density at radius 1 is 1.09 bits per heavy atom. The maximum atomic E-state index is 13.1. The summed E-state index contributed by atoms with van der Waals surface area (Å²) in [6.07, 6.45) is 1.70. The van der Waals surface area contributed by atoms with Crippen LogP contribution in [-0.4, -0.2) is 36.6 Å². The van der Waals surface area contributed by atoms with Crippen LogP contribution in [-0.2, 0) is 18.5 Å². The van der Waals surface area contributed by atoms with E-state index in [0.29, 0.717) is 6.54 Å². The predicted octanol–water partition coefficient (Wildman–Crippen LogP) is 5.08. The van der Waals surface area contributed by atoms with Crippen LogP contribution in [0.3, 0.4) is 0 Å². The van der Waals surface area contributed by atoms with Gasteiger partial charge in [0.2, 0.25) is 0 Å². The van der Waals surface area contributed by atoms with Gasteiger partial charge >= 0.3 is 0 Å². The number of nitrogens with one attached hydrogen (secondary N) is 1. The van der Waals surface area contributed by atoms with E-state index in [1.54, 1.807) is 0 Å². The molecule has 2 aromatic heterocycles. The van der Waals surface area contributed by atoms with Crippen LogP contribution >= 0.6 is 0 Å². The molecule has 0 radical (unpaired) electrons. The molecule has 0 aliphatic rings. The Bertz CT molecular complexity index is 1360. The van der Waals surface area contributed by atoms with Crippen LogP contribution < -0.4 is 5.56 Å². The third-order valence-corrected chi connectivity index (χ3v) is 6.56. The molecule has 0 aliphatic heterocycles. The summed E-state index contributed by atoms with van der Waals surface area (Å²) >= 11 is 0. The molecular weight excluding hydrogens is 436 g/mol. The second kappa shape index (κ2) is 10.1. The number of pyridine rings is 1. The van der Waals surface area contributed by atoms with E-state index in [9.17, 15) is 4.79 Å². The van der Waals surface area contributed by atoms with Gasteiger partial charge in [-0.05, 0) is 80.5 Å². The topological polar surface area (TPSA) is 79.7 Å². The highest BCUT2D eigenvalue weighted by molar-refractivity contribution is 5.81. The molecule has 4 aromatic rings. The number of H-pyrrole nitrogens is 1. The van der Waals surface area contributed by atoms with Crippen molar-refractivity contribution < 1.29 is 0 Å². The molecule has 2 aromatic carbocycles. The van der Waals surface area contributed by atoms with Crippen molar-refractivity contribution in [3.63, 3.8) is 0 Å². The first kappa shape index (κ1) is 24.8. The van der Waals surface area contributed by atoms with Gasteiger partial charge in [-0.3, -0.25) is 9.69 Å². The Morgan fingerprint density at radius 2 is 1.86 bits per heavy atom. The standard InChI is InChI=1S/C28H36N6O/c1-7-24(26-30-31-32-34(26)28(4,5)6)33(15-14-21-12-8-10-19(2)16-21)18-23-17-22-13-9-11-20(3)25(22)29-27(23)35/h8-13,16-17,24H,7,14-15,18H2,1-6H3,(H,29,35)/t24-/m0/s1. The van der Waals surface area contributed by atoms with E-state index < -0.39 is 0 Å². The summed E-state index contributed by atoms with van der Waals surface area (Å²) in [6, 6.07) is 16.7. The van der Waals surface area contributed by atoms with E-state index in [4.69, 9.17) is 0 Å². The van der Waals surface area contributed by atoms with E-state index in [1.807, 2.05) is 29.8 Å². The van der Waals surface area contributed by atoms with Crippen LogP contribution in [0.2, 0.25) is 0 Å². The Hall–Kier alpha value is -3.32. The minimum atomic E-state index is -0.244. The number of benzene rings is 2. The van der Waals surface area contributed by atoms with Gasteiger partial charge in [-0.25, -0.2) is 4.68 Å². The van der Waals surface area contributed by atoms with Crippen molar-refractivity contribution in [3.8, 4) is 0 Å². The Balaban J connectivity index is 1.72. The molecule has 0 saturated carbocycles. The molecule has 7 nitrogen and oxygen atoms in total. The quantitative estimate of drug-likeness (QED) is 0.387. The van der Waals surface area contributed by atoms with Gasteiger partial charge in [0.25, 0.3) is 5.56 Å². The molecule has 0 fully saturated rings. The van der Waals surface area contributed by atoms with Crippen molar-refractivity contribution in [2.24, 2.45) is 0 Å². The van der Waals surface area contributed by atoms with Crippen LogP contribution in [0.15, 0.2) is 53.3 Å². The van der Waals surface area contributed by atoms with Gasteiger partial charge < -0.3 is 4.98 Å². The number of hydrogen-bond donors (Lipinski definition) is 1. The third kappa shape index (κ3) is 5.51. The molecule has 0 unspecified atom stereocenters. The van der Waals surface area contributed by atoms with Crippen LogP contribution in [0.1, 0.15) is 68.2 Å².